The highest BCUT2D eigenvalue weighted by atomic mass is 16.3. The number of benzene rings is 11. The summed E-state index contributed by atoms with van der Waals surface area (Å²) in [7, 11) is 0. The molecule has 16 rings (SSSR count). The van der Waals surface area contributed by atoms with Gasteiger partial charge in [-0.05, 0) is 165 Å². The summed E-state index contributed by atoms with van der Waals surface area (Å²) >= 11 is 0. The fourth-order valence-corrected chi connectivity index (χ4v) is 14.0. The molecule has 3 aliphatic rings. The number of anilines is 3. The minimum atomic E-state index is -0.527. The topological polar surface area (TPSA) is 21.3 Å². The van der Waals surface area contributed by atoms with E-state index in [2.05, 4.69) is 256 Å². The SMILES string of the molecule is Cc1ccc2c(c1)c1cc(C)cc3c1n2-c1ccc(-c2ccc(N(c4ccc(-c5ccc6oc7ccccc7c6c5)cc4)c4cccc5c4-c4ccccc4C5(C)C)cc2)cc1C31c2ccccc2-c2ccccc21. The Morgan fingerprint density at radius 2 is 0.973 bits per heavy atom. The Hall–Kier alpha value is -9.18. The van der Waals surface area contributed by atoms with Gasteiger partial charge in [-0.15, -0.1) is 0 Å². The van der Waals surface area contributed by atoms with Gasteiger partial charge in [0, 0.05) is 43.9 Å². The number of hydrogen-bond donors (Lipinski definition) is 0. The molecule has 0 atom stereocenters. The van der Waals surface area contributed by atoms with Crippen molar-refractivity contribution in [1.82, 2.24) is 4.57 Å². The lowest BCUT2D eigenvalue weighted by Crippen LogP contribution is -2.33. The van der Waals surface area contributed by atoms with Crippen LogP contribution in [0.4, 0.5) is 17.1 Å². The molecule has 0 unspecified atom stereocenters. The van der Waals surface area contributed by atoms with Crippen molar-refractivity contribution in [1.29, 1.82) is 0 Å². The van der Waals surface area contributed by atoms with E-state index in [4.69, 9.17) is 4.42 Å². The predicted molar refractivity (Wildman–Crippen MR) is 312 cm³/mol. The van der Waals surface area contributed by atoms with Crippen LogP contribution in [-0.4, -0.2) is 4.57 Å². The first-order valence-corrected chi connectivity index (χ1v) is 26.3. The van der Waals surface area contributed by atoms with E-state index in [0.717, 1.165) is 44.4 Å². The third-order valence-electron chi connectivity index (χ3n) is 17.3. The van der Waals surface area contributed by atoms with E-state index in [-0.39, 0.29) is 5.41 Å². The Morgan fingerprint density at radius 1 is 0.387 bits per heavy atom. The van der Waals surface area contributed by atoms with Crippen molar-refractivity contribution in [2.45, 2.75) is 38.5 Å². The van der Waals surface area contributed by atoms with Crippen molar-refractivity contribution in [3.63, 3.8) is 0 Å². The zero-order valence-electron chi connectivity index (χ0n) is 42.2. The minimum absolute atomic E-state index is 0.141. The molecule has 0 bridgehead atoms. The summed E-state index contributed by atoms with van der Waals surface area (Å²) < 4.78 is 8.77. The number of nitrogens with zero attached hydrogens (tertiary/aromatic N) is 2. The molecule has 0 fully saturated rings. The molecule has 2 aliphatic carbocycles. The summed E-state index contributed by atoms with van der Waals surface area (Å²) in [4.78, 5) is 2.47. The first-order chi connectivity index (χ1) is 36.8. The number of para-hydroxylation sites is 1. The summed E-state index contributed by atoms with van der Waals surface area (Å²) in [6, 6.07) is 86.6. The number of furan rings is 1. The van der Waals surface area contributed by atoms with Gasteiger partial charge in [-0.25, -0.2) is 0 Å². The lowest BCUT2D eigenvalue weighted by molar-refractivity contribution is 0.660. The molecular formula is C72H50N2O. The largest absolute Gasteiger partial charge is 0.456 e. The average Bonchev–Trinajstić information content (AvgIpc) is 4.37. The summed E-state index contributed by atoms with van der Waals surface area (Å²) in [5.74, 6) is 0. The molecule has 0 amide bonds. The van der Waals surface area contributed by atoms with Gasteiger partial charge in [0.05, 0.1) is 27.8 Å². The fourth-order valence-electron chi connectivity index (χ4n) is 14.0. The third kappa shape index (κ3) is 5.70. The van der Waals surface area contributed by atoms with Crippen LogP contribution in [0.15, 0.2) is 235 Å². The van der Waals surface area contributed by atoms with Gasteiger partial charge in [-0.3, -0.25) is 0 Å². The molecule has 11 aromatic carbocycles. The van der Waals surface area contributed by atoms with Crippen LogP contribution in [0.2, 0.25) is 0 Å². The van der Waals surface area contributed by atoms with Crippen molar-refractivity contribution >= 4 is 60.8 Å². The molecule has 0 saturated carbocycles. The van der Waals surface area contributed by atoms with Crippen LogP contribution >= 0.6 is 0 Å². The van der Waals surface area contributed by atoms with E-state index < -0.39 is 5.41 Å². The number of aromatic nitrogens is 1. The van der Waals surface area contributed by atoms with Gasteiger partial charge >= 0.3 is 0 Å². The number of aryl methyl sites for hydroxylation is 2. The smallest absolute Gasteiger partial charge is 0.135 e. The quantitative estimate of drug-likeness (QED) is 0.171. The van der Waals surface area contributed by atoms with Gasteiger partial charge in [-0.1, -0.05) is 177 Å². The van der Waals surface area contributed by atoms with Crippen molar-refractivity contribution in [2.75, 3.05) is 4.90 Å². The summed E-state index contributed by atoms with van der Waals surface area (Å²) in [5, 5.41) is 4.89. The van der Waals surface area contributed by atoms with Gasteiger partial charge in [0.25, 0.3) is 0 Å². The van der Waals surface area contributed by atoms with Crippen LogP contribution in [-0.2, 0) is 10.8 Å². The van der Waals surface area contributed by atoms with Crippen molar-refractivity contribution < 1.29 is 4.42 Å². The lowest BCUT2D eigenvalue weighted by atomic mass is 9.65. The average molecular weight is 959 g/mol. The Morgan fingerprint density at radius 3 is 1.71 bits per heavy atom. The maximum atomic E-state index is 6.21. The third-order valence-corrected chi connectivity index (χ3v) is 17.3. The zero-order valence-corrected chi connectivity index (χ0v) is 42.2. The van der Waals surface area contributed by atoms with Crippen LogP contribution in [0.5, 0.6) is 0 Å². The molecule has 1 spiro atoms. The van der Waals surface area contributed by atoms with E-state index in [1.807, 2.05) is 12.1 Å². The summed E-state index contributed by atoms with van der Waals surface area (Å²) in [6.07, 6.45) is 0. The van der Waals surface area contributed by atoms with E-state index in [1.165, 1.54) is 111 Å². The highest BCUT2D eigenvalue weighted by molar-refractivity contribution is 6.13. The minimum Gasteiger partial charge on any atom is -0.456 e. The van der Waals surface area contributed by atoms with Gasteiger partial charge in [0.2, 0.25) is 0 Å². The summed E-state index contributed by atoms with van der Waals surface area (Å²) in [5.41, 5.74) is 28.8. The predicted octanol–water partition coefficient (Wildman–Crippen LogP) is 19.1. The van der Waals surface area contributed by atoms with Gasteiger partial charge in [0.1, 0.15) is 11.2 Å². The molecule has 0 N–H and O–H groups in total. The Bertz CT molecular complexity index is 4540. The molecule has 2 aromatic heterocycles. The van der Waals surface area contributed by atoms with E-state index in [0.29, 0.717) is 0 Å². The van der Waals surface area contributed by atoms with E-state index in [1.54, 1.807) is 0 Å². The number of fused-ring (bicyclic) bond motifs is 18. The first-order valence-electron chi connectivity index (χ1n) is 26.3. The molecule has 3 heterocycles. The van der Waals surface area contributed by atoms with Crippen LogP contribution < -0.4 is 4.90 Å². The molecule has 13 aromatic rings. The van der Waals surface area contributed by atoms with E-state index >= 15 is 0 Å². The Kier molecular flexibility index (Phi) is 8.58. The fraction of sp³-hybridized carbons (Fsp3) is 0.0833. The molecule has 354 valence electrons. The van der Waals surface area contributed by atoms with Crippen LogP contribution in [0.1, 0.15) is 58.4 Å². The molecular weight excluding hydrogens is 909 g/mol. The lowest BCUT2D eigenvalue weighted by Gasteiger charge is -2.40. The van der Waals surface area contributed by atoms with Crippen molar-refractivity contribution in [3.8, 4) is 50.2 Å². The molecule has 0 saturated heterocycles. The second-order valence-corrected chi connectivity index (χ2v) is 21.7. The van der Waals surface area contributed by atoms with Crippen LogP contribution in [0, 0.1) is 13.8 Å². The van der Waals surface area contributed by atoms with Gasteiger partial charge < -0.3 is 13.9 Å². The van der Waals surface area contributed by atoms with Gasteiger partial charge in [-0.2, -0.15) is 0 Å². The van der Waals surface area contributed by atoms with Gasteiger partial charge in [0.15, 0.2) is 0 Å². The Balaban J connectivity index is 0.874. The maximum Gasteiger partial charge on any atom is 0.135 e. The molecule has 0 radical (unpaired) electrons. The Labute approximate surface area is 436 Å². The van der Waals surface area contributed by atoms with E-state index in [9.17, 15) is 0 Å². The normalized spacial score (nSPS) is 14.1. The van der Waals surface area contributed by atoms with Crippen molar-refractivity contribution in [3.05, 3.63) is 275 Å². The second kappa shape index (κ2) is 15.2. The van der Waals surface area contributed by atoms with Crippen molar-refractivity contribution in [2.24, 2.45) is 0 Å². The van der Waals surface area contributed by atoms with Crippen LogP contribution in [0.3, 0.4) is 0 Å². The molecule has 3 nitrogen and oxygen atoms in total. The second-order valence-electron chi connectivity index (χ2n) is 21.7. The number of rotatable bonds is 5. The molecule has 3 heteroatoms. The highest BCUT2D eigenvalue weighted by Gasteiger charge is 2.51. The molecule has 1 aliphatic heterocycles. The highest BCUT2D eigenvalue weighted by Crippen LogP contribution is 2.62. The maximum absolute atomic E-state index is 6.21. The number of hydrogen-bond acceptors (Lipinski definition) is 2. The van der Waals surface area contributed by atoms with Crippen LogP contribution in [0.25, 0.3) is 93.9 Å². The standard InChI is InChI=1S/C72H50N2O/c1-43-24-35-64-55(38-43)57-39-44(2)40-63-70(57)74(64)65-36-29-48(42-62(65)72(63)59-19-10-5-14-51(59)52-15-6-11-20-60(52)72)46-27-33-50(34-28-46)73(66-22-13-21-61-69(66)54-17-7-9-18-58(54)71(61,3)4)49-31-25-45(26-32-49)47-30-37-68-56(41-47)53-16-8-12-23-67(53)75-68/h5-42H,1-4H3. The molecule has 75 heavy (non-hydrogen) atoms. The first kappa shape index (κ1) is 42.3. The summed E-state index contributed by atoms with van der Waals surface area (Å²) in [6.45, 7) is 9.21. The monoisotopic (exact) mass is 958 g/mol. The zero-order chi connectivity index (χ0) is 49.9.